The number of halogens is 3. The number of esters is 2. The van der Waals surface area contributed by atoms with Gasteiger partial charge in [0.25, 0.3) is 0 Å². The van der Waals surface area contributed by atoms with Crippen LogP contribution in [0.1, 0.15) is 26.4 Å². The molecule has 0 aliphatic carbocycles. The lowest BCUT2D eigenvalue weighted by molar-refractivity contribution is -0.137. The number of para-hydroxylation sites is 1. The molecule has 0 bridgehead atoms. The highest BCUT2D eigenvalue weighted by molar-refractivity contribution is 6.06. The summed E-state index contributed by atoms with van der Waals surface area (Å²) in [7, 11) is 2.37. The highest BCUT2D eigenvalue weighted by Crippen LogP contribution is 2.34. The lowest BCUT2D eigenvalue weighted by Gasteiger charge is -2.09. The second kappa shape index (κ2) is 9.46. The number of nitrogens with zero attached hydrogens (tertiary/aromatic N) is 2. The van der Waals surface area contributed by atoms with Gasteiger partial charge in [-0.25, -0.2) is 14.3 Å². The number of hydrogen-bond donors (Lipinski definition) is 0. The van der Waals surface area contributed by atoms with Crippen molar-refractivity contribution in [1.29, 1.82) is 0 Å². The van der Waals surface area contributed by atoms with Crippen LogP contribution >= 0.6 is 0 Å². The van der Waals surface area contributed by atoms with Crippen LogP contribution in [0.25, 0.3) is 28.1 Å². The maximum Gasteiger partial charge on any atom is 0.416 e. The number of aromatic nitrogens is 2. The highest BCUT2D eigenvalue weighted by atomic mass is 19.4. The summed E-state index contributed by atoms with van der Waals surface area (Å²) in [6.07, 6.45) is -4.46. The van der Waals surface area contributed by atoms with Gasteiger partial charge < -0.3 is 9.47 Å². The normalized spacial score (nSPS) is 11.2. The van der Waals surface area contributed by atoms with Crippen molar-refractivity contribution < 1.29 is 32.2 Å². The van der Waals surface area contributed by atoms with Gasteiger partial charge in [-0.15, -0.1) is 0 Å². The van der Waals surface area contributed by atoms with Gasteiger partial charge in [-0.3, -0.25) is 0 Å². The third-order valence-electron chi connectivity index (χ3n) is 5.34. The van der Waals surface area contributed by atoms with Crippen LogP contribution < -0.4 is 0 Å². The molecule has 0 amide bonds. The molecule has 3 aromatic carbocycles. The molecule has 178 valence electrons. The first-order chi connectivity index (χ1) is 16.7. The summed E-state index contributed by atoms with van der Waals surface area (Å²) in [6.45, 7) is 0. The number of hydrogen-bond acceptors (Lipinski definition) is 5. The minimum atomic E-state index is -4.46. The van der Waals surface area contributed by atoms with Gasteiger partial charge in [-0.2, -0.15) is 18.3 Å². The molecule has 0 fully saturated rings. The van der Waals surface area contributed by atoms with E-state index in [-0.39, 0.29) is 17.0 Å². The Hall–Kier alpha value is -4.40. The van der Waals surface area contributed by atoms with E-state index in [1.165, 1.54) is 25.0 Å². The van der Waals surface area contributed by atoms with E-state index in [2.05, 4.69) is 5.10 Å². The summed E-state index contributed by atoms with van der Waals surface area (Å²) in [5.41, 5.74) is 1.11. The number of carbonyl (C=O) groups is 2. The Morgan fingerprint density at radius 3 is 2.00 bits per heavy atom. The fourth-order valence-electron chi connectivity index (χ4n) is 3.65. The van der Waals surface area contributed by atoms with Crippen molar-refractivity contribution in [2.45, 2.75) is 6.18 Å². The second-order valence-electron chi connectivity index (χ2n) is 7.46. The van der Waals surface area contributed by atoms with Crippen LogP contribution in [-0.2, 0) is 15.7 Å². The molecule has 4 rings (SSSR count). The molecule has 0 aliphatic heterocycles. The Balaban J connectivity index is 1.85. The van der Waals surface area contributed by atoms with Crippen molar-refractivity contribution in [3.63, 3.8) is 0 Å². The van der Waals surface area contributed by atoms with Crippen molar-refractivity contribution in [1.82, 2.24) is 9.78 Å². The average Bonchev–Trinajstić information content (AvgIpc) is 3.28. The summed E-state index contributed by atoms with van der Waals surface area (Å²) in [5.74, 6) is -1.57. The quantitative estimate of drug-likeness (QED) is 0.338. The molecule has 6 nitrogen and oxygen atoms in total. The first kappa shape index (κ1) is 23.7. The molecule has 0 N–H and O–H groups in total. The van der Waals surface area contributed by atoms with E-state index in [0.29, 0.717) is 22.4 Å². The molecular formula is C26H19F3N2O4. The molecule has 0 atom stereocenters. The van der Waals surface area contributed by atoms with Crippen LogP contribution in [0.2, 0.25) is 0 Å². The predicted molar refractivity (Wildman–Crippen MR) is 122 cm³/mol. The maximum atomic E-state index is 13.1. The van der Waals surface area contributed by atoms with Gasteiger partial charge in [0.05, 0.1) is 25.5 Å². The SMILES string of the molecule is COC(=O)c1c(-c2ccc(-c3cccc(C(F)(F)F)c3)cc2)nn(-c2ccccc2)c1C(=O)OC. The predicted octanol–water partition coefficient (Wildman–Crippen LogP) is 5.80. The molecule has 0 saturated heterocycles. The Morgan fingerprint density at radius 2 is 1.40 bits per heavy atom. The molecule has 9 heteroatoms. The monoisotopic (exact) mass is 480 g/mol. The zero-order chi connectivity index (χ0) is 25.2. The fourth-order valence-corrected chi connectivity index (χ4v) is 3.65. The van der Waals surface area contributed by atoms with Gasteiger partial charge in [0.1, 0.15) is 11.3 Å². The first-order valence-corrected chi connectivity index (χ1v) is 10.4. The van der Waals surface area contributed by atoms with Crippen LogP contribution in [0.3, 0.4) is 0 Å². The summed E-state index contributed by atoms with van der Waals surface area (Å²) >= 11 is 0. The van der Waals surface area contributed by atoms with Gasteiger partial charge >= 0.3 is 18.1 Å². The molecule has 0 aliphatic rings. The Bertz CT molecular complexity index is 1380. The van der Waals surface area contributed by atoms with Gasteiger partial charge in [-0.1, -0.05) is 54.6 Å². The number of benzene rings is 3. The van der Waals surface area contributed by atoms with E-state index in [0.717, 1.165) is 12.1 Å². The number of alkyl halides is 3. The number of rotatable bonds is 5. The topological polar surface area (TPSA) is 70.4 Å². The average molecular weight is 480 g/mol. The number of carbonyl (C=O) groups excluding carboxylic acids is 2. The van der Waals surface area contributed by atoms with Crippen LogP contribution in [0.4, 0.5) is 13.2 Å². The van der Waals surface area contributed by atoms with Crippen molar-refractivity contribution in [2.24, 2.45) is 0 Å². The van der Waals surface area contributed by atoms with Crippen molar-refractivity contribution in [3.05, 3.63) is 95.7 Å². The van der Waals surface area contributed by atoms with Crippen molar-refractivity contribution in [2.75, 3.05) is 14.2 Å². The Labute approximate surface area is 198 Å². The lowest BCUT2D eigenvalue weighted by atomic mass is 9.99. The minimum Gasteiger partial charge on any atom is -0.465 e. The first-order valence-electron chi connectivity index (χ1n) is 10.4. The molecule has 0 saturated carbocycles. The fraction of sp³-hybridized carbons (Fsp3) is 0.115. The molecule has 4 aromatic rings. The smallest absolute Gasteiger partial charge is 0.416 e. The van der Waals surface area contributed by atoms with Gasteiger partial charge in [0, 0.05) is 5.56 Å². The lowest BCUT2D eigenvalue weighted by Crippen LogP contribution is -2.15. The summed E-state index contributed by atoms with van der Waals surface area (Å²) in [6, 6.07) is 20.1. The Morgan fingerprint density at radius 1 is 0.771 bits per heavy atom. The molecular weight excluding hydrogens is 461 g/mol. The number of methoxy groups -OCH3 is 2. The van der Waals surface area contributed by atoms with Crippen LogP contribution in [-0.4, -0.2) is 35.9 Å². The summed E-state index contributed by atoms with van der Waals surface area (Å²) in [4.78, 5) is 25.4. The van der Waals surface area contributed by atoms with E-state index in [4.69, 9.17) is 9.47 Å². The van der Waals surface area contributed by atoms with Gasteiger partial charge in [-0.05, 0) is 35.4 Å². The van der Waals surface area contributed by atoms with Crippen molar-refractivity contribution in [3.8, 4) is 28.1 Å². The molecule has 1 heterocycles. The van der Waals surface area contributed by atoms with E-state index < -0.39 is 23.7 Å². The van der Waals surface area contributed by atoms with Crippen LogP contribution in [0.15, 0.2) is 78.9 Å². The zero-order valence-corrected chi connectivity index (χ0v) is 18.7. The standard InChI is InChI=1S/C26H19F3N2O4/c1-34-24(32)21-22(30-31(23(21)25(33)35-2)20-9-4-3-5-10-20)17-13-11-16(12-14-17)18-7-6-8-19(15-18)26(27,28)29/h3-15H,1-2H3. The third kappa shape index (κ3) is 4.65. The van der Waals surface area contributed by atoms with Crippen molar-refractivity contribution >= 4 is 11.9 Å². The molecule has 0 radical (unpaired) electrons. The largest absolute Gasteiger partial charge is 0.465 e. The molecule has 35 heavy (non-hydrogen) atoms. The van der Waals surface area contributed by atoms with Crippen LogP contribution in [0, 0.1) is 0 Å². The third-order valence-corrected chi connectivity index (χ3v) is 5.34. The minimum absolute atomic E-state index is 0.0879. The molecule has 0 spiro atoms. The van der Waals surface area contributed by atoms with Gasteiger partial charge in [0.2, 0.25) is 0 Å². The summed E-state index contributed by atoms with van der Waals surface area (Å²) < 4.78 is 50.4. The van der Waals surface area contributed by atoms with Gasteiger partial charge in [0.15, 0.2) is 5.69 Å². The Kier molecular flexibility index (Phi) is 6.42. The van der Waals surface area contributed by atoms with E-state index in [1.807, 2.05) is 0 Å². The number of ether oxygens (including phenoxy) is 2. The zero-order valence-electron chi connectivity index (χ0n) is 18.7. The summed E-state index contributed by atoms with van der Waals surface area (Å²) in [5, 5.41) is 4.50. The highest BCUT2D eigenvalue weighted by Gasteiger charge is 2.32. The maximum absolute atomic E-state index is 13.1. The van der Waals surface area contributed by atoms with E-state index in [9.17, 15) is 22.8 Å². The molecule has 1 aromatic heterocycles. The molecule has 0 unspecified atom stereocenters. The second-order valence-corrected chi connectivity index (χ2v) is 7.46. The van der Waals surface area contributed by atoms with Crippen LogP contribution in [0.5, 0.6) is 0 Å². The van der Waals surface area contributed by atoms with E-state index >= 15 is 0 Å². The van der Waals surface area contributed by atoms with E-state index in [1.54, 1.807) is 60.7 Å².